The van der Waals surface area contributed by atoms with Crippen molar-refractivity contribution in [3.63, 3.8) is 0 Å². The van der Waals surface area contributed by atoms with Gasteiger partial charge in [0.15, 0.2) is 0 Å². The van der Waals surface area contributed by atoms with Gasteiger partial charge < -0.3 is 10.1 Å². The molecule has 0 unspecified atom stereocenters. The van der Waals surface area contributed by atoms with Gasteiger partial charge in [-0.3, -0.25) is 4.98 Å². The predicted molar refractivity (Wildman–Crippen MR) is 74.9 cm³/mol. The Labute approximate surface area is 115 Å². The van der Waals surface area contributed by atoms with Crippen molar-refractivity contribution in [1.29, 1.82) is 0 Å². The van der Waals surface area contributed by atoms with Gasteiger partial charge in [0.1, 0.15) is 18.2 Å². The van der Waals surface area contributed by atoms with Crippen LogP contribution in [-0.2, 0) is 0 Å². The molecule has 1 N–H and O–H groups in total. The minimum Gasteiger partial charge on any atom is -0.492 e. The summed E-state index contributed by atoms with van der Waals surface area (Å²) < 4.78 is 6.61. The molecular formula is C13H14BrN3O. The van der Waals surface area contributed by atoms with E-state index in [-0.39, 0.29) is 0 Å². The van der Waals surface area contributed by atoms with Gasteiger partial charge >= 0.3 is 0 Å². The zero-order chi connectivity index (χ0) is 12.8. The first-order chi connectivity index (χ1) is 8.74. The van der Waals surface area contributed by atoms with Crippen LogP contribution in [0.5, 0.6) is 5.75 Å². The van der Waals surface area contributed by atoms with E-state index in [0.29, 0.717) is 13.2 Å². The van der Waals surface area contributed by atoms with Crippen molar-refractivity contribution < 1.29 is 4.74 Å². The van der Waals surface area contributed by atoms with E-state index >= 15 is 0 Å². The predicted octanol–water partition coefficient (Wildman–Crippen LogP) is 3.04. The number of halogens is 1. The van der Waals surface area contributed by atoms with Crippen molar-refractivity contribution in [1.82, 2.24) is 9.97 Å². The fourth-order valence-electron chi connectivity index (χ4n) is 1.45. The molecule has 1 heterocycles. The Balaban J connectivity index is 1.76. The van der Waals surface area contributed by atoms with Crippen LogP contribution in [0.25, 0.3) is 0 Å². The number of nitrogens with one attached hydrogen (secondary N) is 1. The summed E-state index contributed by atoms with van der Waals surface area (Å²) in [5.41, 5.74) is 0.896. The number of rotatable bonds is 5. The van der Waals surface area contributed by atoms with Gasteiger partial charge in [0.2, 0.25) is 0 Å². The Bertz CT molecular complexity index is 472. The third-order valence-corrected chi connectivity index (χ3v) is 2.72. The molecule has 2 aromatic rings. The molecule has 1 aromatic heterocycles. The normalized spacial score (nSPS) is 10.1. The summed E-state index contributed by atoms with van der Waals surface area (Å²) in [6.45, 7) is 3.17. The summed E-state index contributed by atoms with van der Waals surface area (Å²) in [5, 5.41) is 3.16. The summed E-state index contributed by atoms with van der Waals surface area (Å²) in [5.74, 6) is 1.62. The molecule has 0 saturated heterocycles. The lowest BCUT2D eigenvalue weighted by atomic mass is 10.3. The standard InChI is InChI=1S/C13H14BrN3O/c1-10-8-15-9-13(17-10)16-5-6-18-12-4-2-3-11(14)7-12/h2-4,7-9H,5-6H2,1H3,(H,16,17). The second kappa shape index (κ2) is 6.35. The number of aromatic nitrogens is 2. The molecule has 0 radical (unpaired) electrons. The highest BCUT2D eigenvalue weighted by Crippen LogP contribution is 2.17. The first-order valence-electron chi connectivity index (χ1n) is 5.65. The smallest absolute Gasteiger partial charge is 0.144 e. The van der Waals surface area contributed by atoms with Crippen molar-refractivity contribution in [2.75, 3.05) is 18.5 Å². The highest BCUT2D eigenvalue weighted by atomic mass is 79.9. The second-order valence-corrected chi connectivity index (χ2v) is 4.69. The van der Waals surface area contributed by atoms with E-state index in [9.17, 15) is 0 Å². The summed E-state index contributed by atoms with van der Waals surface area (Å²) in [7, 11) is 0. The van der Waals surface area contributed by atoms with Crippen LogP contribution in [-0.4, -0.2) is 23.1 Å². The molecule has 0 spiro atoms. The van der Waals surface area contributed by atoms with Crippen LogP contribution in [0.15, 0.2) is 41.1 Å². The molecule has 0 aliphatic rings. The van der Waals surface area contributed by atoms with Gasteiger partial charge in [-0.05, 0) is 25.1 Å². The van der Waals surface area contributed by atoms with E-state index < -0.39 is 0 Å². The minimum absolute atomic E-state index is 0.575. The molecule has 0 atom stereocenters. The molecule has 1 aromatic carbocycles. The van der Waals surface area contributed by atoms with Crippen LogP contribution < -0.4 is 10.1 Å². The number of benzene rings is 1. The maximum atomic E-state index is 5.60. The van der Waals surface area contributed by atoms with E-state index in [1.54, 1.807) is 12.4 Å². The lowest BCUT2D eigenvalue weighted by molar-refractivity contribution is 0.332. The van der Waals surface area contributed by atoms with Crippen LogP contribution in [0.2, 0.25) is 0 Å². The Hall–Kier alpha value is -1.62. The topological polar surface area (TPSA) is 47.0 Å². The van der Waals surface area contributed by atoms with Crippen molar-refractivity contribution in [2.45, 2.75) is 6.92 Å². The Morgan fingerprint density at radius 2 is 2.22 bits per heavy atom. The average Bonchev–Trinajstić information content (AvgIpc) is 2.35. The van der Waals surface area contributed by atoms with Crippen LogP contribution in [0, 0.1) is 6.92 Å². The van der Waals surface area contributed by atoms with Gasteiger partial charge in [0.05, 0.1) is 18.4 Å². The summed E-state index contributed by atoms with van der Waals surface area (Å²) in [4.78, 5) is 8.36. The maximum absolute atomic E-state index is 5.60. The molecule has 0 amide bonds. The van der Waals surface area contributed by atoms with Crippen LogP contribution in [0.3, 0.4) is 0 Å². The Kier molecular flexibility index (Phi) is 4.52. The maximum Gasteiger partial charge on any atom is 0.144 e. The molecule has 0 bridgehead atoms. The van der Waals surface area contributed by atoms with Gasteiger partial charge in [-0.1, -0.05) is 22.0 Å². The summed E-state index contributed by atoms with van der Waals surface area (Å²) in [6.07, 6.45) is 3.43. The fourth-order valence-corrected chi connectivity index (χ4v) is 1.83. The van der Waals surface area contributed by atoms with E-state index in [1.165, 1.54) is 0 Å². The number of ether oxygens (including phenoxy) is 1. The molecule has 2 rings (SSSR count). The van der Waals surface area contributed by atoms with E-state index in [1.807, 2.05) is 31.2 Å². The molecule has 4 nitrogen and oxygen atoms in total. The molecule has 0 saturated carbocycles. The van der Waals surface area contributed by atoms with Crippen molar-refractivity contribution in [2.24, 2.45) is 0 Å². The first-order valence-corrected chi connectivity index (χ1v) is 6.44. The summed E-state index contributed by atoms with van der Waals surface area (Å²) in [6, 6.07) is 7.77. The number of aryl methyl sites for hydroxylation is 1. The Morgan fingerprint density at radius 3 is 3.00 bits per heavy atom. The van der Waals surface area contributed by atoms with Crippen LogP contribution >= 0.6 is 15.9 Å². The lowest BCUT2D eigenvalue weighted by Gasteiger charge is -2.08. The minimum atomic E-state index is 0.575. The highest BCUT2D eigenvalue weighted by Gasteiger charge is 1.96. The highest BCUT2D eigenvalue weighted by molar-refractivity contribution is 9.10. The van der Waals surface area contributed by atoms with E-state index in [4.69, 9.17) is 4.74 Å². The Morgan fingerprint density at radius 1 is 1.33 bits per heavy atom. The molecule has 5 heteroatoms. The van der Waals surface area contributed by atoms with Crippen LogP contribution in [0.1, 0.15) is 5.69 Å². The number of anilines is 1. The molecule has 0 aliphatic heterocycles. The monoisotopic (exact) mass is 307 g/mol. The molecule has 0 fully saturated rings. The zero-order valence-corrected chi connectivity index (χ0v) is 11.6. The quantitative estimate of drug-likeness (QED) is 0.863. The SMILES string of the molecule is Cc1cncc(NCCOc2cccc(Br)c2)n1. The lowest BCUT2D eigenvalue weighted by Crippen LogP contribution is -2.12. The first kappa shape index (κ1) is 12.8. The van der Waals surface area contributed by atoms with Gasteiger partial charge in [0.25, 0.3) is 0 Å². The van der Waals surface area contributed by atoms with Gasteiger partial charge in [-0.2, -0.15) is 0 Å². The zero-order valence-electron chi connectivity index (χ0n) is 10.1. The van der Waals surface area contributed by atoms with E-state index in [0.717, 1.165) is 21.7 Å². The second-order valence-electron chi connectivity index (χ2n) is 3.78. The van der Waals surface area contributed by atoms with E-state index in [2.05, 4.69) is 31.2 Å². The van der Waals surface area contributed by atoms with Gasteiger partial charge in [0, 0.05) is 10.7 Å². The van der Waals surface area contributed by atoms with Crippen LogP contribution in [0.4, 0.5) is 5.82 Å². The van der Waals surface area contributed by atoms with Gasteiger partial charge in [-0.25, -0.2) is 4.98 Å². The number of hydrogen-bond donors (Lipinski definition) is 1. The van der Waals surface area contributed by atoms with Gasteiger partial charge in [-0.15, -0.1) is 0 Å². The largest absolute Gasteiger partial charge is 0.492 e. The molecule has 18 heavy (non-hydrogen) atoms. The molecule has 94 valence electrons. The number of nitrogens with zero attached hydrogens (tertiary/aromatic N) is 2. The third-order valence-electron chi connectivity index (χ3n) is 2.23. The van der Waals surface area contributed by atoms with Crippen molar-refractivity contribution in [3.05, 3.63) is 46.8 Å². The van der Waals surface area contributed by atoms with Crippen molar-refractivity contribution >= 4 is 21.7 Å². The third kappa shape index (κ3) is 4.00. The number of hydrogen-bond acceptors (Lipinski definition) is 4. The van der Waals surface area contributed by atoms with Crippen molar-refractivity contribution in [3.8, 4) is 5.75 Å². The fraction of sp³-hybridized carbons (Fsp3) is 0.231. The molecule has 0 aliphatic carbocycles. The molecular weight excluding hydrogens is 294 g/mol. The summed E-state index contributed by atoms with van der Waals surface area (Å²) >= 11 is 3.40. The average molecular weight is 308 g/mol.